The third-order valence-corrected chi connectivity index (χ3v) is 3.49. The molecule has 0 aliphatic heterocycles. The number of aromatic amines is 1. The highest BCUT2D eigenvalue weighted by molar-refractivity contribution is 6.17. The van der Waals surface area contributed by atoms with Crippen molar-refractivity contribution in [1.82, 2.24) is 14.8 Å². The molecule has 1 atom stereocenters. The van der Waals surface area contributed by atoms with Gasteiger partial charge in [-0.3, -0.25) is 9.48 Å². The van der Waals surface area contributed by atoms with Gasteiger partial charge >= 0.3 is 0 Å². The van der Waals surface area contributed by atoms with Gasteiger partial charge < -0.3 is 10.4 Å². The van der Waals surface area contributed by atoms with Gasteiger partial charge in [-0.25, -0.2) is 4.39 Å². The Morgan fingerprint density at radius 2 is 2.38 bits per heavy atom. The number of nitrogens with one attached hydrogen (secondary N) is 2. The maximum Gasteiger partial charge on any atom is 0.252 e. The lowest BCUT2D eigenvalue weighted by Crippen LogP contribution is -2.24. The van der Waals surface area contributed by atoms with E-state index in [0.717, 1.165) is 6.20 Å². The summed E-state index contributed by atoms with van der Waals surface area (Å²) < 4.78 is 15.0. The average Bonchev–Trinajstić information content (AvgIpc) is 2.92. The van der Waals surface area contributed by atoms with Gasteiger partial charge in [-0.1, -0.05) is 6.92 Å². The minimum Gasteiger partial charge on any atom is -0.326 e. The SMILES string of the molecule is CC[C@@H](C(=N)c1ccnn1CCCl)c1cc(F)c[nH]c1=O. The van der Waals surface area contributed by atoms with Crippen molar-refractivity contribution < 1.29 is 4.39 Å². The first kappa shape index (κ1) is 15.4. The quantitative estimate of drug-likeness (QED) is 0.635. The molecule has 0 unspecified atom stereocenters. The van der Waals surface area contributed by atoms with Crippen LogP contribution in [-0.4, -0.2) is 26.4 Å². The fourth-order valence-corrected chi connectivity index (χ4v) is 2.47. The van der Waals surface area contributed by atoms with Crippen LogP contribution in [0.4, 0.5) is 4.39 Å². The van der Waals surface area contributed by atoms with Crippen LogP contribution in [0.15, 0.2) is 29.3 Å². The minimum atomic E-state index is -0.523. The van der Waals surface area contributed by atoms with Gasteiger partial charge in [0.05, 0.1) is 18.0 Å². The number of aromatic nitrogens is 3. The van der Waals surface area contributed by atoms with Crippen LogP contribution < -0.4 is 5.56 Å². The topological polar surface area (TPSA) is 74.5 Å². The molecule has 7 heteroatoms. The molecular formula is C14H16ClFN4O. The number of hydrogen-bond donors (Lipinski definition) is 2. The predicted molar refractivity (Wildman–Crippen MR) is 79.8 cm³/mol. The van der Waals surface area contributed by atoms with Gasteiger partial charge in [0.2, 0.25) is 0 Å². The Morgan fingerprint density at radius 1 is 1.62 bits per heavy atom. The van der Waals surface area contributed by atoms with E-state index in [1.165, 1.54) is 6.07 Å². The Hall–Kier alpha value is -1.95. The fraction of sp³-hybridized carbons (Fsp3) is 0.357. The Balaban J connectivity index is 2.41. The summed E-state index contributed by atoms with van der Waals surface area (Å²) >= 11 is 5.71. The maximum absolute atomic E-state index is 13.4. The average molecular weight is 311 g/mol. The van der Waals surface area contributed by atoms with Crippen LogP contribution in [0, 0.1) is 11.2 Å². The molecule has 5 nitrogen and oxygen atoms in total. The molecule has 0 radical (unpaired) electrons. The van der Waals surface area contributed by atoms with Crippen LogP contribution in [0.2, 0.25) is 0 Å². The van der Waals surface area contributed by atoms with E-state index in [-0.39, 0.29) is 16.8 Å². The second kappa shape index (κ2) is 6.67. The Labute approximate surface area is 126 Å². The highest BCUT2D eigenvalue weighted by Crippen LogP contribution is 2.22. The second-order valence-corrected chi connectivity index (χ2v) is 4.98. The molecule has 2 heterocycles. The predicted octanol–water partition coefficient (Wildman–Crippen LogP) is 2.51. The summed E-state index contributed by atoms with van der Waals surface area (Å²) in [5.74, 6) is -0.639. The number of aryl methyl sites for hydroxylation is 1. The molecule has 2 aromatic rings. The van der Waals surface area contributed by atoms with E-state index in [0.29, 0.717) is 24.5 Å². The molecule has 0 saturated heterocycles. The van der Waals surface area contributed by atoms with E-state index in [1.807, 2.05) is 6.92 Å². The first-order valence-electron chi connectivity index (χ1n) is 6.63. The first-order valence-corrected chi connectivity index (χ1v) is 7.16. The highest BCUT2D eigenvalue weighted by atomic mass is 35.5. The molecule has 112 valence electrons. The monoisotopic (exact) mass is 310 g/mol. The fourth-order valence-electron chi connectivity index (χ4n) is 2.31. The van der Waals surface area contributed by atoms with Crippen molar-refractivity contribution in [2.45, 2.75) is 25.8 Å². The molecule has 0 aromatic carbocycles. The zero-order valence-electron chi connectivity index (χ0n) is 11.6. The number of H-pyrrole nitrogens is 1. The highest BCUT2D eigenvalue weighted by Gasteiger charge is 2.22. The Bertz CT molecular complexity index is 694. The van der Waals surface area contributed by atoms with E-state index >= 15 is 0 Å². The van der Waals surface area contributed by atoms with Crippen molar-refractivity contribution in [1.29, 1.82) is 5.41 Å². The Kier molecular flexibility index (Phi) is 4.90. The van der Waals surface area contributed by atoms with Crippen molar-refractivity contribution in [3.63, 3.8) is 0 Å². The number of hydrogen-bond acceptors (Lipinski definition) is 3. The van der Waals surface area contributed by atoms with Gasteiger partial charge in [-0.2, -0.15) is 5.10 Å². The molecule has 0 saturated carbocycles. The molecule has 21 heavy (non-hydrogen) atoms. The number of alkyl halides is 1. The van der Waals surface area contributed by atoms with Gasteiger partial charge in [0, 0.05) is 29.8 Å². The van der Waals surface area contributed by atoms with Gasteiger partial charge in [0.25, 0.3) is 5.56 Å². The van der Waals surface area contributed by atoms with Crippen molar-refractivity contribution in [2.24, 2.45) is 0 Å². The van der Waals surface area contributed by atoms with Crippen LogP contribution in [0.5, 0.6) is 0 Å². The van der Waals surface area contributed by atoms with Crippen LogP contribution in [0.3, 0.4) is 0 Å². The smallest absolute Gasteiger partial charge is 0.252 e. The van der Waals surface area contributed by atoms with Crippen LogP contribution in [0.25, 0.3) is 0 Å². The zero-order valence-corrected chi connectivity index (χ0v) is 12.3. The molecule has 2 rings (SSSR count). The van der Waals surface area contributed by atoms with Gasteiger partial charge in [-0.15, -0.1) is 11.6 Å². The van der Waals surface area contributed by atoms with E-state index in [9.17, 15) is 9.18 Å². The lowest BCUT2D eigenvalue weighted by molar-refractivity contribution is 0.613. The number of nitrogens with zero attached hydrogens (tertiary/aromatic N) is 2. The van der Waals surface area contributed by atoms with E-state index < -0.39 is 11.7 Å². The zero-order chi connectivity index (χ0) is 15.4. The van der Waals surface area contributed by atoms with Crippen LogP contribution in [0.1, 0.15) is 30.5 Å². The van der Waals surface area contributed by atoms with Crippen LogP contribution >= 0.6 is 11.6 Å². The standard InChI is InChI=1S/C14H16ClFN4O/c1-2-10(11-7-9(16)8-18-14(11)21)13(17)12-3-5-19-20(12)6-4-15/h3,5,7-8,10,17H,2,4,6H2,1H3,(H,18,21)/t10-/m1/s1. The molecular weight excluding hydrogens is 295 g/mol. The summed E-state index contributed by atoms with van der Waals surface area (Å²) in [4.78, 5) is 14.2. The summed E-state index contributed by atoms with van der Waals surface area (Å²) in [6.07, 6.45) is 3.11. The molecule has 0 aliphatic rings. The van der Waals surface area contributed by atoms with E-state index in [4.69, 9.17) is 17.0 Å². The van der Waals surface area contributed by atoms with Crippen molar-refractivity contribution >= 4 is 17.3 Å². The third-order valence-electron chi connectivity index (χ3n) is 3.32. The molecule has 2 aromatic heterocycles. The normalized spacial score (nSPS) is 12.3. The number of halogens is 2. The molecule has 0 spiro atoms. The first-order chi connectivity index (χ1) is 10.1. The van der Waals surface area contributed by atoms with Crippen LogP contribution in [-0.2, 0) is 6.54 Å². The third kappa shape index (κ3) is 3.21. The summed E-state index contributed by atoms with van der Waals surface area (Å²) in [6.45, 7) is 2.33. The molecule has 2 N–H and O–H groups in total. The van der Waals surface area contributed by atoms with Gasteiger partial charge in [0.1, 0.15) is 5.82 Å². The summed E-state index contributed by atoms with van der Waals surface area (Å²) in [5, 5.41) is 12.5. The minimum absolute atomic E-state index is 0.233. The largest absolute Gasteiger partial charge is 0.326 e. The molecule has 0 aliphatic carbocycles. The lowest BCUT2D eigenvalue weighted by Gasteiger charge is -2.17. The number of pyridine rings is 1. The van der Waals surface area contributed by atoms with Gasteiger partial charge in [0.15, 0.2) is 0 Å². The summed E-state index contributed by atoms with van der Waals surface area (Å²) in [5.41, 5.74) is 0.694. The van der Waals surface area contributed by atoms with E-state index in [2.05, 4.69) is 10.1 Å². The molecule has 0 amide bonds. The second-order valence-electron chi connectivity index (χ2n) is 4.61. The van der Waals surface area contributed by atoms with E-state index in [1.54, 1.807) is 16.9 Å². The Morgan fingerprint density at radius 3 is 3.05 bits per heavy atom. The maximum atomic E-state index is 13.4. The van der Waals surface area contributed by atoms with Crippen molar-refractivity contribution in [3.05, 3.63) is 52.0 Å². The number of rotatable bonds is 6. The van der Waals surface area contributed by atoms with Crippen molar-refractivity contribution in [3.8, 4) is 0 Å². The van der Waals surface area contributed by atoms with Crippen molar-refractivity contribution in [2.75, 3.05) is 5.88 Å². The van der Waals surface area contributed by atoms with Gasteiger partial charge in [-0.05, 0) is 18.6 Å². The summed E-state index contributed by atoms with van der Waals surface area (Å²) in [6, 6.07) is 2.88. The molecule has 0 fully saturated rings. The lowest BCUT2D eigenvalue weighted by atomic mass is 9.91. The summed E-state index contributed by atoms with van der Waals surface area (Å²) in [7, 11) is 0. The molecule has 0 bridgehead atoms.